The van der Waals surface area contributed by atoms with Crippen LogP contribution in [0.3, 0.4) is 0 Å². The van der Waals surface area contributed by atoms with Crippen LogP contribution in [0.15, 0.2) is 30.0 Å². The third-order valence-electron chi connectivity index (χ3n) is 8.70. The predicted molar refractivity (Wildman–Crippen MR) is 155 cm³/mol. The normalized spacial score (nSPS) is 27.6. The Morgan fingerprint density at radius 2 is 1.76 bits per heavy atom. The third-order valence-corrected chi connectivity index (χ3v) is 8.70. The molecule has 0 aromatic heterocycles. The van der Waals surface area contributed by atoms with Crippen LogP contribution in [0.4, 0.5) is 0 Å². The number of benzene rings is 2. The first kappa shape index (κ1) is 32.1. The first-order chi connectivity index (χ1) is 21.2. The summed E-state index contributed by atoms with van der Waals surface area (Å²) in [7, 11) is 2.56. The van der Waals surface area contributed by atoms with E-state index in [0.29, 0.717) is 5.70 Å². The molecule has 5 N–H and O–H groups in total. The van der Waals surface area contributed by atoms with E-state index in [9.17, 15) is 39.6 Å². The van der Waals surface area contributed by atoms with Gasteiger partial charge in [-0.1, -0.05) is 12.1 Å². The average molecular weight is 626 g/mol. The second-order valence-electron chi connectivity index (χ2n) is 11.6. The SMILES string of the molecule is COC(=O)C=C(C)NC1CC(OC2CC(O)(C(C)=O)Cc3c(O)c4c(c(O)c32)C(=O)c2c(OC)cccc2C4=O)OC(C)C1O. The van der Waals surface area contributed by atoms with Crippen LogP contribution in [0.5, 0.6) is 17.2 Å². The Hall–Kier alpha value is -4.30. The molecule has 0 bridgehead atoms. The van der Waals surface area contributed by atoms with Gasteiger partial charge in [0.1, 0.15) is 29.0 Å². The number of aliphatic hydroxyl groups is 2. The van der Waals surface area contributed by atoms with Gasteiger partial charge >= 0.3 is 5.97 Å². The highest BCUT2D eigenvalue weighted by Crippen LogP contribution is 2.52. The highest BCUT2D eigenvalue weighted by Gasteiger charge is 2.49. The number of carbonyl (C=O) groups excluding carboxylic acids is 4. The van der Waals surface area contributed by atoms with Crippen LogP contribution in [0.1, 0.15) is 82.7 Å². The molecular weight excluding hydrogens is 590 g/mol. The van der Waals surface area contributed by atoms with E-state index in [2.05, 4.69) is 10.1 Å². The van der Waals surface area contributed by atoms with Crippen molar-refractivity contribution in [1.82, 2.24) is 5.32 Å². The summed E-state index contributed by atoms with van der Waals surface area (Å²) in [5.41, 5.74) is -2.88. The lowest BCUT2D eigenvalue weighted by Gasteiger charge is -2.43. The molecule has 0 radical (unpaired) electrons. The lowest BCUT2D eigenvalue weighted by atomic mass is 9.72. The molecule has 2 aliphatic carbocycles. The first-order valence-corrected chi connectivity index (χ1v) is 14.3. The van der Waals surface area contributed by atoms with Gasteiger partial charge < -0.3 is 44.7 Å². The van der Waals surface area contributed by atoms with E-state index in [4.69, 9.17) is 14.2 Å². The number of carbonyl (C=O) groups is 4. The summed E-state index contributed by atoms with van der Waals surface area (Å²) in [5, 5.41) is 48.3. The van der Waals surface area contributed by atoms with Crippen molar-refractivity contribution in [2.24, 2.45) is 0 Å². The minimum absolute atomic E-state index is 0.0157. The van der Waals surface area contributed by atoms with Gasteiger partial charge in [0.25, 0.3) is 0 Å². The number of aromatic hydroxyl groups is 2. The molecule has 3 aliphatic rings. The maximum atomic E-state index is 13.8. The number of phenols is 2. The van der Waals surface area contributed by atoms with Gasteiger partial charge in [-0.05, 0) is 26.8 Å². The van der Waals surface area contributed by atoms with Gasteiger partial charge in [-0.2, -0.15) is 0 Å². The third kappa shape index (κ3) is 5.46. The van der Waals surface area contributed by atoms with Gasteiger partial charge in [0.05, 0.1) is 49.2 Å². The lowest BCUT2D eigenvalue weighted by Crippen LogP contribution is -2.54. The second-order valence-corrected chi connectivity index (χ2v) is 11.6. The summed E-state index contributed by atoms with van der Waals surface area (Å²) < 4.78 is 22.1. The van der Waals surface area contributed by atoms with Gasteiger partial charge in [-0.15, -0.1) is 0 Å². The van der Waals surface area contributed by atoms with E-state index in [0.717, 1.165) is 0 Å². The van der Waals surface area contributed by atoms with E-state index in [-0.39, 0.29) is 40.8 Å². The smallest absolute Gasteiger partial charge is 0.332 e. The van der Waals surface area contributed by atoms with Crippen LogP contribution in [0, 0.1) is 0 Å². The molecule has 45 heavy (non-hydrogen) atoms. The van der Waals surface area contributed by atoms with E-state index >= 15 is 0 Å². The number of esters is 1. The summed E-state index contributed by atoms with van der Waals surface area (Å²) in [6, 6.07) is 3.73. The zero-order valence-corrected chi connectivity index (χ0v) is 25.4. The van der Waals surface area contributed by atoms with Crippen molar-refractivity contribution >= 4 is 23.3 Å². The molecule has 1 fully saturated rings. The number of ether oxygens (including phenoxy) is 4. The monoisotopic (exact) mass is 625 g/mol. The van der Waals surface area contributed by atoms with Crippen molar-refractivity contribution in [3.63, 3.8) is 0 Å². The highest BCUT2D eigenvalue weighted by molar-refractivity contribution is 6.31. The molecule has 1 heterocycles. The van der Waals surface area contributed by atoms with Crippen LogP contribution in [0.2, 0.25) is 0 Å². The lowest BCUT2D eigenvalue weighted by molar-refractivity contribution is -0.249. The summed E-state index contributed by atoms with van der Waals surface area (Å²) in [4.78, 5) is 51.8. The van der Waals surface area contributed by atoms with Crippen LogP contribution in [-0.4, -0.2) is 88.1 Å². The number of ketones is 3. The molecule has 13 nitrogen and oxygen atoms in total. The number of rotatable bonds is 7. The average Bonchev–Trinajstić information content (AvgIpc) is 2.99. The zero-order valence-electron chi connectivity index (χ0n) is 25.4. The number of aliphatic hydroxyl groups excluding tert-OH is 1. The van der Waals surface area contributed by atoms with Crippen molar-refractivity contribution in [2.75, 3.05) is 14.2 Å². The number of fused-ring (bicyclic) bond motifs is 3. The van der Waals surface area contributed by atoms with E-state index in [1.54, 1.807) is 13.8 Å². The molecule has 6 atom stereocenters. The molecule has 0 spiro atoms. The van der Waals surface area contributed by atoms with Crippen LogP contribution < -0.4 is 10.1 Å². The first-order valence-electron chi connectivity index (χ1n) is 14.3. The molecule has 2 aromatic carbocycles. The van der Waals surface area contributed by atoms with Crippen LogP contribution in [0.25, 0.3) is 0 Å². The number of hydrogen-bond acceptors (Lipinski definition) is 13. The summed E-state index contributed by atoms with van der Waals surface area (Å²) in [5.74, 6) is -3.95. The highest BCUT2D eigenvalue weighted by atomic mass is 16.7. The second kappa shape index (κ2) is 11.9. The minimum Gasteiger partial charge on any atom is -0.507 e. The molecule has 1 aliphatic heterocycles. The number of methoxy groups -OCH3 is 2. The van der Waals surface area contributed by atoms with E-state index < -0.39 is 88.6 Å². The molecule has 2 aromatic rings. The van der Waals surface area contributed by atoms with E-state index in [1.807, 2.05) is 0 Å². The molecule has 0 amide bonds. The largest absolute Gasteiger partial charge is 0.507 e. The maximum absolute atomic E-state index is 13.8. The molecular formula is C32H35NO12. The van der Waals surface area contributed by atoms with Crippen molar-refractivity contribution in [2.45, 2.75) is 76.3 Å². The Balaban J connectivity index is 1.58. The molecule has 0 saturated carbocycles. The number of Topliss-reactive ketones (excluding diaryl/α,β-unsaturated/α-hetero) is 1. The Labute approximate surface area is 258 Å². The Morgan fingerprint density at radius 1 is 1.07 bits per heavy atom. The van der Waals surface area contributed by atoms with Gasteiger partial charge in [-0.25, -0.2) is 4.79 Å². The number of nitrogens with one attached hydrogen (secondary N) is 1. The quantitative estimate of drug-likeness (QED) is 0.145. The van der Waals surface area contributed by atoms with Gasteiger partial charge in [0.2, 0.25) is 5.78 Å². The van der Waals surface area contributed by atoms with Crippen LogP contribution >= 0.6 is 0 Å². The summed E-state index contributed by atoms with van der Waals surface area (Å²) >= 11 is 0. The standard InChI is InChI=1S/C32H35NO12/c1-13(9-21(35)43-5)33-18-10-22(44-14(2)27(18)36)45-20-12-32(41,15(3)34)11-17-24(20)31(40)26-25(29(17)38)28(37)16-7-6-8-19(42-4)23(16)30(26)39/h6-9,14,18,20,22,27,33,36,38,40-41H,10-12H2,1-5H3. The van der Waals surface area contributed by atoms with Crippen molar-refractivity contribution < 1.29 is 58.6 Å². The zero-order chi connectivity index (χ0) is 33.0. The summed E-state index contributed by atoms with van der Waals surface area (Å²) in [6.45, 7) is 4.38. The molecule has 5 rings (SSSR count). The molecule has 1 saturated heterocycles. The Bertz CT molecular complexity index is 1630. The van der Waals surface area contributed by atoms with Crippen molar-refractivity contribution in [1.29, 1.82) is 0 Å². The fourth-order valence-corrected chi connectivity index (χ4v) is 6.34. The van der Waals surface area contributed by atoms with Crippen LogP contribution in [-0.2, 0) is 30.2 Å². The summed E-state index contributed by atoms with van der Waals surface area (Å²) in [6.07, 6.45) is -3.81. The maximum Gasteiger partial charge on any atom is 0.332 e. The fourth-order valence-electron chi connectivity index (χ4n) is 6.34. The van der Waals surface area contributed by atoms with E-state index in [1.165, 1.54) is 45.4 Å². The van der Waals surface area contributed by atoms with Gasteiger partial charge in [0, 0.05) is 47.7 Å². The Morgan fingerprint density at radius 3 is 2.40 bits per heavy atom. The minimum atomic E-state index is -2.06. The molecule has 240 valence electrons. The van der Waals surface area contributed by atoms with Crippen molar-refractivity contribution in [3.05, 3.63) is 63.4 Å². The number of allylic oxidation sites excluding steroid dienone is 1. The number of phenolic OH excluding ortho intramolecular Hbond substituents is 2. The molecule has 6 unspecified atom stereocenters. The molecule has 13 heteroatoms. The topological polar surface area (TPSA) is 198 Å². The fraction of sp³-hybridized carbons (Fsp3) is 0.438. The Kier molecular flexibility index (Phi) is 8.49. The van der Waals surface area contributed by atoms with Gasteiger partial charge in [-0.3, -0.25) is 14.4 Å². The van der Waals surface area contributed by atoms with Gasteiger partial charge in [0.15, 0.2) is 17.9 Å². The van der Waals surface area contributed by atoms with Crippen molar-refractivity contribution in [3.8, 4) is 17.2 Å². The number of hydrogen-bond donors (Lipinski definition) is 5. The predicted octanol–water partition coefficient (Wildman–Crippen LogP) is 1.74.